The lowest BCUT2D eigenvalue weighted by Crippen LogP contribution is -2.45. The van der Waals surface area contributed by atoms with E-state index in [1.54, 1.807) is 0 Å². The molecule has 1 aliphatic carbocycles. The van der Waals surface area contributed by atoms with Gasteiger partial charge in [-0.2, -0.15) is 5.26 Å². The summed E-state index contributed by atoms with van der Waals surface area (Å²) in [5.41, 5.74) is -0.513. The molecule has 1 atom stereocenters. The van der Waals surface area contributed by atoms with E-state index in [-0.39, 0.29) is 12.6 Å². The molecular formula is C15H27N3O2. The number of nitrogens with zero attached hydrogens (tertiary/aromatic N) is 1. The first-order valence-electron chi connectivity index (χ1n) is 7.53. The van der Waals surface area contributed by atoms with Gasteiger partial charge in [0.1, 0.15) is 11.6 Å². The zero-order valence-corrected chi connectivity index (χ0v) is 12.9. The monoisotopic (exact) mass is 281 g/mol. The molecule has 0 aromatic heterocycles. The smallest absolute Gasteiger partial charge is 0.407 e. The second-order valence-corrected chi connectivity index (χ2v) is 6.42. The predicted octanol–water partition coefficient (Wildman–Crippen LogP) is 2.72. The number of nitriles is 1. The molecule has 0 aliphatic heterocycles. The lowest BCUT2D eigenvalue weighted by molar-refractivity contribution is 0.0524. The lowest BCUT2D eigenvalue weighted by atomic mass is 10.1. The predicted molar refractivity (Wildman–Crippen MR) is 78.3 cm³/mol. The maximum absolute atomic E-state index is 11.6. The van der Waals surface area contributed by atoms with E-state index in [0.29, 0.717) is 6.04 Å². The summed E-state index contributed by atoms with van der Waals surface area (Å²) in [7, 11) is 0. The normalized spacial score (nSPS) is 18.7. The van der Waals surface area contributed by atoms with Gasteiger partial charge in [-0.25, -0.2) is 4.79 Å². The van der Waals surface area contributed by atoms with E-state index >= 15 is 0 Å². The highest BCUT2D eigenvalue weighted by molar-refractivity contribution is 5.67. The second-order valence-electron chi connectivity index (χ2n) is 6.42. The summed E-state index contributed by atoms with van der Waals surface area (Å²) in [5, 5.41) is 15.1. The summed E-state index contributed by atoms with van der Waals surface area (Å²) in [5.74, 6) is 0. The molecule has 1 rings (SSSR count). The van der Waals surface area contributed by atoms with E-state index in [1.165, 1.54) is 25.7 Å². The Morgan fingerprint density at radius 1 is 1.30 bits per heavy atom. The summed E-state index contributed by atoms with van der Waals surface area (Å²) in [4.78, 5) is 11.6. The molecular weight excluding hydrogens is 254 g/mol. The van der Waals surface area contributed by atoms with Crippen molar-refractivity contribution < 1.29 is 9.53 Å². The zero-order chi connectivity index (χ0) is 15.0. The first-order chi connectivity index (χ1) is 9.40. The van der Waals surface area contributed by atoms with Crippen molar-refractivity contribution in [2.75, 3.05) is 6.54 Å². The number of hydrogen-bond donors (Lipinski definition) is 2. The largest absolute Gasteiger partial charge is 0.444 e. The molecule has 1 saturated carbocycles. The third-order valence-electron chi connectivity index (χ3n) is 3.30. The standard InChI is InChI=1S/C15H27N3O2/c1-15(2,3)20-14(19)17-11-13(10-16)18-12-8-6-4-5-7-9-12/h12-13,18H,4-9,11H2,1-3H3,(H,17,19). The van der Waals surface area contributed by atoms with Crippen molar-refractivity contribution in [2.45, 2.75) is 77.0 Å². The molecule has 0 radical (unpaired) electrons. The van der Waals surface area contributed by atoms with Crippen LogP contribution in [0.5, 0.6) is 0 Å². The summed E-state index contributed by atoms with van der Waals surface area (Å²) in [6.07, 6.45) is 6.76. The molecule has 1 fully saturated rings. The Labute approximate surface area is 122 Å². The third-order valence-corrected chi connectivity index (χ3v) is 3.30. The van der Waals surface area contributed by atoms with Crippen LogP contribution >= 0.6 is 0 Å². The number of alkyl carbamates (subject to hydrolysis) is 1. The summed E-state index contributed by atoms with van der Waals surface area (Å²) < 4.78 is 5.16. The Morgan fingerprint density at radius 2 is 1.90 bits per heavy atom. The Morgan fingerprint density at radius 3 is 2.40 bits per heavy atom. The number of nitrogens with one attached hydrogen (secondary N) is 2. The van der Waals surface area contributed by atoms with E-state index in [1.807, 2.05) is 20.8 Å². The molecule has 0 saturated heterocycles. The van der Waals surface area contributed by atoms with Crippen LogP contribution in [0.15, 0.2) is 0 Å². The van der Waals surface area contributed by atoms with Crippen molar-refractivity contribution in [1.29, 1.82) is 5.26 Å². The van der Waals surface area contributed by atoms with Crippen LogP contribution in [0.1, 0.15) is 59.3 Å². The van der Waals surface area contributed by atoms with Gasteiger partial charge < -0.3 is 10.1 Å². The average Bonchev–Trinajstić information content (AvgIpc) is 2.60. The number of rotatable bonds is 4. The average molecular weight is 281 g/mol. The molecule has 0 aromatic carbocycles. The summed E-state index contributed by atoms with van der Waals surface area (Å²) in [6, 6.07) is 2.24. The molecule has 114 valence electrons. The van der Waals surface area contributed by atoms with Crippen molar-refractivity contribution >= 4 is 6.09 Å². The highest BCUT2D eigenvalue weighted by Crippen LogP contribution is 2.17. The molecule has 5 nitrogen and oxygen atoms in total. The minimum absolute atomic E-state index is 0.280. The molecule has 1 aliphatic rings. The van der Waals surface area contributed by atoms with Gasteiger partial charge >= 0.3 is 6.09 Å². The number of carbonyl (C=O) groups is 1. The first-order valence-corrected chi connectivity index (χ1v) is 7.53. The van der Waals surface area contributed by atoms with Crippen LogP contribution in [0, 0.1) is 11.3 Å². The molecule has 1 unspecified atom stereocenters. The molecule has 0 heterocycles. The Hall–Kier alpha value is -1.28. The molecule has 0 spiro atoms. The van der Waals surface area contributed by atoms with Gasteiger partial charge in [0, 0.05) is 12.6 Å². The first kappa shape index (κ1) is 16.8. The van der Waals surface area contributed by atoms with Crippen molar-refractivity contribution in [2.24, 2.45) is 0 Å². The number of carbonyl (C=O) groups excluding carboxylic acids is 1. The van der Waals surface area contributed by atoms with E-state index in [9.17, 15) is 4.79 Å². The van der Waals surface area contributed by atoms with Crippen molar-refractivity contribution in [1.82, 2.24) is 10.6 Å². The van der Waals surface area contributed by atoms with Crippen LogP contribution < -0.4 is 10.6 Å². The van der Waals surface area contributed by atoms with E-state index in [0.717, 1.165) is 12.8 Å². The molecule has 2 N–H and O–H groups in total. The number of ether oxygens (including phenoxy) is 1. The topological polar surface area (TPSA) is 74.1 Å². The Balaban J connectivity index is 2.32. The van der Waals surface area contributed by atoms with Crippen LogP contribution in [0.2, 0.25) is 0 Å². The molecule has 20 heavy (non-hydrogen) atoms. The fourth-order valence-corrected chi connectivity index (χ4v) is 2.37. The summed E-state index contributed by atoms with van der Waals surface area (Å²) >= 11 is 0. The molecule has 5 heteroatoms. The van der Waals surface area contributed by atoms with Gasteiger partial charge in [0.2, 0.25) is 0 Å². The molecule has 0 aromatic rings. The minimum atomic E-state index is -0.513. The lowest BCUT2D eigenvalue weighted by Gasteiger charge is -2.22. The van der Waals surface area contributed by atoms with Crippen LogP contribution in [-0.2, 0) is 4.74 Å². The highest BCUT2D eigenvalue weighted by Gasteiger charge is 2.19. The molecule has 0 bridgehead atoms. The van der Waals surface area contributed by atoms with Gasteiger partial charge in [-0.1, -0.05) is 25.7 Å². The minimum Gasteiger partial charge on any atom is -0.444 e. The SMILES string of the molecule is CC(C)(C)OC(=O)NCC(C#N)NC1CCCCCC1. The van der Waals surface area contributed by atoms with E-state index < -0.39 is 11.7 Å². The fraction of sp³-hybridized carbons (Fsp3) is 0.867. The van der Waals surface area contributed by atoms with Gasteiger partial charge in [-0.05, 0) is 33.6 Å². The van der Waals surface area contributed by atoms with Gasteiger partial charge in [0.25, 0.3) is 0 Å². The number of hydrogen-bond acceptors (Lipinski definition) is 4. The quantitative estimate of drug-likeness (QED) is 0.777. The van der Waals surface area contributed by atoms with Gasteiger partial charge in [-0.3, -0.25) is 5.32 Å². The van der Waals surface area contributed by atoms with Crippen molar-refractivity contribution in [3.8, 4) is 6.07 Å². The fourth-order valence-electron chi connectivity index (χ4n) is 2.37. The maximum Gasteiger partial charge on any atom is 0.407 e. The maximum atomic E-state index is 11.6. The van der Waals surface area contributed by atoms with Crippen LogP contribution in [-0.4, -0.2) is 30.3 Å². The highest BCUT2D eigenvalue weighted by atomic mass is 16.6. The zero-order valence-electron chi connectivity index (χ0n) is 12.9. The second kappa shape index (κ2) is 8.11. The number of amides is 1. The third kappa shape index (κ3) is 7.34. The van der Waals surface area contributed by atoms with Crippen LogP contribution in [0.3, 0.4) is 0 Å². The molecule has 1 amide bonds. The van der Waals surface area contributed by atoms with Gasteiger partial charge in [0.05, 0.1) is 6.07 Å². The van der Waals surface area contributed by atoms with Crippen molar-refractivity contribution in [3.63, 3.8) is 0 Å². The van der Waals surface area contributed by atoms with Crippen LogP contribution in [0.4, 0.5) is 4.79 Å². The van der Waals surface area contributed by atoms with Gasteiger partial charge in [0.15, 0.2) is 0 Å². The van der Waals surface area contributed by atoms with E-state index in [4.69, 9.17) is 10.00 Å². The summed E-state index contributed by atoms with van der Waals surface area (Å²) in [6.45, 7) is 5.73. The Bertz CT molecular complexity index is 336. The van der Waals surface area contributed by atoms with Crippen LogP contribution in [0.25, 0.3) is 0 Å². The Kier molecular flexibility index (Phi) is 6.80. The van der Waals surface area contributed by atoms with Gasteiger partial charge in [-0.15, -0.1) is 0 Å². The van der Waals surface area contributed by atoms with E-state index in [2.05, 4.69) is 16.7 Å². The van der Waals surface area contributed by atoms with Crippen molar-refractivity contribution in [3.05, 3.63) is 0 Å².